The molecule has 0 spiro atoms. The van der Waals surface area contributed by atoms with E-state index < -0.39 is 9.84 Å². The van der Waals surface area contributed by atoms with Crippen molar-refractivity contribution in [1.82, 2.24) is 15.5 Å². The highest BCUT2D eigenvalue weighted by molar-refractivity contribution is 7.91. The van der Waals surface area contributed by atoms with Crippen LogP contribution in [0.1, 0.15) is 31.2 Å². The summed E-state index contributed by atoms with van der Waals surface area (Å²) in [4.78, 5) is 0. The second-order valence-corrected chi connectivity index (χ2v) is 8.44. The molecule has 9 heteroatoms. The van der Waals surface area contributed by atoms with Gasteiger partial charge >= 0.3 is 0 Å². The van der Waals surface area contributed by atoms with Crippen LogP contribution in [0.3, 0.4) is 0 Å². The molecule has 0 unspecified atom stereocenters. The lowest BCUT2D eigenvalue weighted by atomic mass is 10.2. The fourth-order valence-electron chi connectivity index (χ4n) is 1.75. The zero-order valence-corrected chi connectivity index (χ0v) is 13.2. The van der Waals surface area contributed by atoms with Crippen LogP contribution in [0.25, 0.3) is 0 Å². The predicted octanol–water partition coefficient (Wildman–Crippen LogP) is 1.14. The molecule has 0 amide bonds. The maximum absolute atomic E-state index is 11.3. The molecule has 19 heavy (non-hydrogen) atoms. The minimum Gasteiger partial charge on any atom is -0.359 e. The third-order valence-electron chi connectivity index (χ3n) is 2.72. The number of thiocarbonyl (C=S) groups is 1. The second kappa shape index (κ2) is 5.68. The lowest BCUT2D eigenvalue weighted by Crippen LogP contribution is -2.38. The predicted molar refractivity (Wildman–Crippen MR) is 80.4 cm³/mol. The van der Waals surface area contributed by atoms with Gasteiger partial charge < -0.3 is 10.6 Å². The molecule has 1 fully saturated rings. The molecule has 106 valence electrons. The Morgan fingerprint density at radius 1 is 1.47 bits per heavy atom. The zero-order chi connectivity index (χ0) is 14.0. The van der Waals surface area contributed by atoms with Gasteiger partial charge in [-0.05, 0) is 18.6 Å². The number of aromatic nitrogens is 2. The monoisotopic (exact) mass is 320 g/mol. The summed E-state index contributed by atoms with van der Waals surface area (Å²) in [6, 6.07) is -0.109. The molecule has 0 bridgehead atoms. The van der Waals surface area contributed by atoms with Crippen LogP contribution in [-0.4, -0.2) is 41.3 Å². The number of sulfone groups is 1. The second-order valence-electron chi connectivity index (χ2n) is 4.80. The van der Waals surface area contributed by atoms with Crippen LogP contribution >= 0.6 is 23.6 Å². The molecule has 2 N–H and O–H groups in total. The smallest absolute Gasteiger partial charge is 0.211 e. The maximum atomic E-state index is 11.3. The van der Waals surface area contributed by atoms with Crippen molar-refractivity contribution in [3.8, 4) is 0 Å². The third kappa shape index (κ3) is 4.08. The van der Waals surface area contributed by atoms with Crippen LogP contribution in [-0.2, 0) is 9.84 Å². The zero-order valence-electron chi connectivity index (χ0n) is 10.7. The Hall–Kier alpha value is -0.800. The molecule has 1 aromatic heterocycles. The first kappa shape index (κ1) is 14.6. The third-order valence-corrected chi connectivity index (χ3v) is 5.85. The van der Waals surface area contributed by atoms with E-state index in [9.17, 15) is 8.42 Å². The first-order chi connectivity index (χ1) is 8.85. The Labute approximate surface area is 121 Å². The lowest BCUT2D eigenvalue weighted by molar-refractivity contribution is 0.600. The fraction of sp³-hybridized carbons (Fsp3) is 0.700. The van der Waals surface area contributed by atoms with E-state index >= 15 is 0 Å². The summed E-state index contributed by atoms with van der Waals surface area (Å²) in [5.74, 6) is 0.695. The van der Waals surface area contributed by atoms with Gasteiger partial charge in [-0.2, -0.15) is 0 Å². The Morgan fingerprint density at radius 2 is 2.21 bits per heavy atom. The number of anilines is 1. The Kier molecular flexibility index (Phi) is 4.36. The highest BCUT2D eigenvalue weighted by Crippen LogP contribution is 2.22. The highest BCUT2D eigenvalue weighted by atomic mass is 32.2. The van der Waals surface area contributed by atoms with Crippen molar-refractivity contribution in [2.75, 3.05) is 16.8 Å². The van der Waals surface area contributed by atoms with Crippen molar-refractivity contribution < 1.29 is 8.42 Å². The van der Waals surface area contributed by atoms with E-state index in [0.29, 0.717) is 22.6 Å². The SMILES string of the molecule is CC(C)c1nnc(NC(=S)N[C@H]2CCS(=O)(=O)C2)s1. The average molecular weight is 320 g/mol. The van der Waals surface area contributed by atoms with Gasteiger partial charge in [0.25, 0.3) is 0 Å². The molecule has 6 nitrogen and oxygen atoms in total. The van der Waals surface area contributed by atoms with Crippen molar-refractivity contribution in [3.63, 3.8) is 0 Å². The first-order valence-corrected chi connectivity index (χ1v) is 9.01. The van der Waals surface area contributed by atoms with E-state index in [4.69, 9.17) is 12.2 Å². The number of rotatable bonds is 3. The van der Waals surface area contributed by atoms with E-state index in [0.717, 1.165) is 5.01 Å². The summed E-state index contributed by atoms with van der Waals surface area (Å²) in [6.45, 7) is 4.09. The van der Waals surface area contributed by atoms with Gasteiger partial charge in [-0.1, -0.05) is 25.2 Å². The van der Waals surface area contributed by atoms with Crippen LogP contribution in [0, 0.1) is 0 Å². The molecule has 1 aliphatic rings. The van der Waals surface area contributed by atoms with Crippen LogP contribution in [0.2, 0.25) is 0 Å². The molecule has 0 saturated carbocycles. The normalized spacial score (nSPS) is 21.5. The van der Waals surface area contributed by atoms with Crippen molar-refractivity contribution in [1.29, 1.82) is 0 Å². The molecular formula is C10H16N4O2S3. The van der Waals surface area contributed by atoms with Gasteiger partial charge in [0.2, 0.25) is 5.13 Å². The fourth-order valence-corrected chi connectivity index (χ4v) is 4.50. The molecule has 2 rings (SSSR count). The molecule has 0 aromatic carbocycles. The summed E-state index contributed by atoms with van der Waals surface area (Å²) in [5, 5.41) is 15.9. The van der Waals surface area contributed by atoms with Gasteiger partial charge in [-0.15, -0.1) is 10.2 Å². The largest absolute Gasteiger partial charge is 0.359 e. The number of nitrogens with zero attached hydrogens (tertiary/aromatic N) is 2. The Bertz CT molecular complexity index is 567. The van der Waals surface area contributed by atoms with Crippen LogP contribution in [0.15, 0.2) is 0 Å². The van der Waals surface area contributed by atoms with Crippen LogP contribution < -0.4 is 10.6 Å². The summed E-state index contributed by atoms with van der Waals surface area (Å²) in [6.07, 6.45) is 0.595. The number of hydrogen-bond acceptors (Lipinski definition) is 6. The molecule has 2 heterocycles. The summed E-state index contributed by atoms with van der Waals surface area (Å²) in [7, 11) is -2.90. The minimum absolute atomic E-state index is 0.109. The summed E-state index contributed by atoms with van der Waals surface area (Å²) >= 11 is 6.59. The van der Waals surface area contributed by atoms with E-state index in [2.05, 4.69) is 20.8 Å². The van der Waals surface area contributed by atoms with Gasteiger partial charge in [-0.25, -0.2) is 8.42 Å². The van der Waals surface area contributed by atoms with Gasteiger partial charge in [0.15, 0.2) is 14.9 Å². The van der Waals surface area contributed by atoms with Gasteiger partial charge in [0.1, 0.15) is 5.01 Å². The molecule has 0 radical (unpaired) electrons. The van der Waals surface area contributed by atoms with Crippen LogP contribution in [0.5, 0.6) is 0 Å². The van der Waals surface area contributed by atoms with Crippen molar-refractivity contribution in [3.05, 3.63) is 5.01 Å². The minimum atomic E-state index is -2.90. The highest BCUT2D eigenvalue weighted by Gasteiger charge is 2.28. The van der Waals surface area contributed by atoms with Crippen molar-refractivity contribution in [2.24, 2.45) is 0 Å². The van der Waals surface area contributed by atoms with Gasteiger partial charge in [0.05, 0.1) is 11.5 Å². The molecular weight excluding hydrogens is 304 g/mol. The van der Waals surface area contributed by atoms with E-state index in [-0.39, 0.29) is 17.5 Å². The van der Waals surface area contributed by atoms with E-state index in [1.165, 1.54) is 11.3 Å². The van der Waals surface area contributed by atoms with Gasteiger partial charge in [-0.3, -0.25) is 0 Å². The van der Waals surface area contributed by atoms with Crippen molar-refractivity contribution >= 4 is 43.6 Å². The summed E-state index contributed by atoms with van der Waals surface area (Å²) in [5.41, 5.74) is 0. The Balaban J connectivity index is 1.87. The standard InChI is InChI=1S/C10H16N4O2S3/c1-6(2)8-13-14-10(18-8)12-9(17)11-7-3-4-19(15,16)5-7/h6-7H,3-5H2,1-2H3,(H2,11,12,14,17)/t7-/m0/s1. The number of nitrogens with one attached hydrogen (secondary N) is 2. The average Bonchev–Trinajstić information content (AvgIpc) is 2.85. The van der Waals surface area contributed by atoms with Gasteiger partial charge in [0, 0.05) is 12.0 Å². The van der Waals surface area contributed by atoms with Crippen molar-refractivity contribution in [2.45, 2.75) is 32.2 Å². The van der Waals surface area contributed by atoms with E-state index in [1.54, 1.807) is 0 Å². The number of hydrogen-bond donors (Lipinski definition) is 2. The molecule has 1 saturated heterocycles. The van der Waals surface area contributed by atoms with E-state index in [1.807, 2.05) is 13.8 Å². The molecule has 0 aliphatic carbocycles. The lowest BCUT2D eigenvalue weighted by Gasteiger charge is -2.12. The molecule has 1 aliphatic heterocycles. The maximum Gasteiger partial charge on any atom is 0.211 e. The Morgan fingerprint density at radius 3 is 2.74 bits per heavy atom. The van der Waals surface area contributed by atoms with Crippen LogP contribution in [0.4, 0.5) is 5.13 Å². The summed E-state index contributed by atoms with van der Waals surface area (Å²) < 4.78 is 22.7. The molecule has 1 aromatic rings. The topological polar surface area (TPSA) is 84.0 Å². The molecule has 1 atom stereocenters. The quantitative estimate of drug-likeness (QED) is 0.808. The first-order valence-electron chi connectivity index (χ1n) is 5.97.